The SMILES string of the molecule is CCC(=O)N1CCCc2cc(C(=O)C3CCCN3)ccc21. The van der Waals surface area contributed by atoms with Crippen molar-refractivity contribution in [3.8, 4) is 0 Å². The standard InChI is InChI=1S/C17H22N2O2/c1-2-16(20)19-10-4-5-12-11-13(7-8-15(12)19)17(21)14-6-3-9-18-14/h7-8,11,14,18H,2-6,9-10H2,1H3. The van der Waals surface area contributed by atoms with Crippen LogP contribution in [-0.2, 0) is 11.2 Å². The first-order valence-electron chi connectivity index (χ1n) is 7.91. The highest BCUT2D eigenvalue weighted by molar-refractivity contribution is 6.01. The number of fused-ring (bicyclic) bond motifs is 1. The Kier molecular flexibility index (Phi) is 4.06. The maximum atomic E-state index is 12.5. The number of nitrogens with one attached hydrogen (secondary N) is 1. The molecule has 0 bridgehead atoms. The molecule has 112 valence electrons. The molecular weight excluding hydrogens is 264 g/mol. The Balaban J connectivity index is 1.87. The van der Waals surface area contributed by atoms with Gasteiger partial charge in [0.1, 0.15) is 0 Å². The van der Waals surface area contributed by atoms with E-state index in [0.717, 1.165) is 55.6 Å². The van der Waals surface area contributed by atoms with Crippen LogP contribution in [0.2, 0.25) is 0 Å². The van der Waals surface area contributed by atoms with Crippen LogP contribution in [0.3, 0.4) is 0 Å². The van der Waals surface area contributed by atoms with Gasteiger partial charge in [-0.05, 0) is 56.0 Å². The van der Waals surface area contributed by atoms with Gasteiger partial charge in [-0.15, -0.1) is 0 Å². The molecule has 0 radical (unpaired) electrons. The third kappa shape index (κ3) is 2.72. The van der Waals surface area contributed by atoms with E-state index in [9.17, 15) is 9.59 Å². The van der Waals surface area contributed by atoms with Crippen molar-refractivity contribution < 1.29 is 9.59 Å². The summed E-state index contributed by atoms with van der Waals surface area (Å²) in [4.78, 5) is 26.3. The number of Topliss-reactive ketones (excluding diaryl/α,β-unsaturated/α-hetero) is 1. The van der Waals surface area contributed by atoms with Crippen LogP contribution in [-0.4, -0.2) is 30.8 Å². The van der Waals surface area contributed by atoms with Crippen molar-refractivity contribution in [1.82, 2.24) is 5.32 Å². The molecule has 1 aromatic carbocycles. The summed E-state index contributed by atoms with van der Waals surface area (Å²) in [5, 5.41) is 3.26. The van der Waals surface area contributed by atoms with Crippen molar-refractivity contribution in [1.29, 1.82) is 0 Å². The second-order valence-electron chi connectivity index (χ2n) is 5.86. The minimum atomic E-state index is -0.0278. The van der Waals surface area contributed by atoms with Crippen LogP contribution in [0, 0.1) is 0 Å². The van der Waals surface area contributed by atoms with Crippen LogP contribution in [0.1, 0.15) is 48.5 Å². The second kappa shape index (κ2) is 5.98. The minimum Gasteiger partial charge on any atom is -0.312 e. The molecule has 1 fully saturated rings. The summed E-state index contributed by atoms with van der Waals surface area (Å²) in [6, 6.07) is 5.79. The van der Waals surface area contributed by atoms with E-state index in [-0.39, 0.29) is 17.7 Å². The third-order valence-corrected chi connectivity index (χ3v) is 4.46. The highest BCUT2D eigenvalue weighted by atomic mass is 16.2. The first kappa shape index (κ1) is 14.3. The summed E-state index contributed by atoms with van der Waals surface area (Å²) < 4.78 is 0. The highest BCUT2D eigenvalue weighted by Gasteiger charge is 2.26. The average molecular weight is 286 g/mol. The van der Waals surface area contributed by atoms with Gasteiger partial charge in [-0.25, -0.2) is 0 Å². The lowest BCUT2D eigenvalue weighted by Gasteiger charge is -2.29. The molecule has 3 rings (SSSR count). The van der Waals surface area contributed by atoms with Crippen molar-refractivity contribution in [3.63, 3.8) is 0 Å². The van der Waals surface area contributed by atoms with Crippen molar-refractivity contribution in [2.24, 2.45) is 0 Å². The molecule has 2 heterocycles. The van der Waals surface area contributed by atoms with E-state index >= 15 is 0 Å². The molecular formula is C17H22N2O2. The molecule has 1 unspecified atom stereocenters. The van der Waals surface area contributed by atoms with E-state index < -0.39 is 0 Å². The fourth-order valence-corrected chi connectivity index (χ4v) is 3.31. The van der Waals surface area contributed by atoms with E-state index in [0.29, 0.717) is 6.42 Å². The Morgan fingerprint density at radius 1 is 1.33 bits per heavy atom. The lowest BCUT2D eigenvalue weighted by atomic mass is 9.95. The van der Waals surface area contributed by atoms with E-state index in [1.807, 2.05) is 30.0 Å². The number of carbonyl (C=O) groups is 2. The lowest BCUT2D eigenvalue weighted by molar-refractivity contribution is -0.118. The van der Waals surface area contributed by atoms with Crippen molar-refractivity contribution in [2.45, 2.75) is 45.1 Å². The number of benzene rings is 1. The first-order valence-corrected chi connectivity index (χ1v) is 7.91. The van der Waals surface area contributed by atoms with Crippen LogP contribution in [0.5, 0.6) is 0 Å². The predicted octanol–water partition coefficient (Wildman–Crippen LogP) is 2.31. The van der Waals surface area contributed by atoms with Crippen molar-refractivity contribution >= 4 is 17.4 Å². The quantitative estimate of drug-likeness (QED) is 0.868. The van der Waals surface area contributed by atoms with Crippen LogP contribution in [0.25, 0.3) is 0 Å². The van der Waals surface area contributed by atoms with Crippen LogP contribution in [0.15, 0.2) is 18.2 Å². The van der Waals surface area contributed by atoms with Gasteiger partial charge in [-0.1, -0.05) is 6.92 Å². The van der Waals surface area contributed by atoms with Crippen molar-refractivity contribution in [3.05, 3.63) is 29.3 Å². The summed E-state index contributed by atoms with van der Waals surface area (Å²) in [5.74, 6) is 0.349. The Hall–Kier alpha value is -1.68. The molecule has 4 heteroatoms. The lowest BCUT2D eigenvalue weighted by Crippen LogP contribution is -2.35. The largest absolute Gasteiger partial charge is 0.312 e. The zero-order chi connectivity index (χ0) is 14.8. The van der Waals surface area contributed by atoms with Crippen LogP contribution >= 0.6 is 0 Å². The molecule has 1 saturated heterocycles. The molecule has 0 aliphatic carbocycles. The fourth-order valence-electron chi connectivity index (χ4n) is 3.31. The average Bonchev–Trinajstić information content (AvgIpc) is 3.06. The van der Waals surface area contributed by atoms with Gasteiger partial charge >= 0.3 is 0 Å². The van der Waals surface area contributed by atoms with Crippen LogP contribution < -0.4 is 10.2 Å². The van der Waals surface area contributed by atoms with Crippen molar-refractivity contribution in [2.75, 3.05) is 18.0 Å². The Morgan fingerprint density at radius 2 is 2.19 bits per heavy atom. The molecule has 4 nitrogen and oxygen atoms in total. The number of ketones is 1. The molecule has 2 aliphatic rings. The Labute approximate surface area is 125 Å². The molecule has 2 aliphatic heterocycles. The Bertz CT molecular complexity index is 562. The second-order valence-corrected chi connectivity index (χ2v) is 5.86. The van der Waals surface area contributed by atoms with E-state index in [1.165, 1.54) is 0 Å². The molecule has 21 heavy (non-hydrogen) atoms. The molecule has 1 N–H and O–H groups in total. The Morgan fingerprint density at radius 3 is 2.90 bits per heavy atom. The number of nitrogens with zero attached hydrogens (tertiary/aromatic N) is 1. The fraction of sp³-hybridized carbons (Fsp3) is 0.529. The normalized spacial score (nSPS) is 21.2. The summed E-state index contributed by atoms with van der Waals surface area (Å²) in [5.41, 5.74) is 2.90. The maximum Gasteiger partial charge on any atom is 0.226 e. The highest BCUT2D eigenvalue weighted by Crippen LogP contribution is 2.29. The van der Waals surface area contributed by atoms with Gasteiger partial charge in [-0.2, -0.15) is 0 Å². The number of hydrogen-bond acceptors (Lipinski definition) is 3. The third-order valence-electron chi connectivity index (χ3n) is 4.46. The summed E-state index contributed by atoms with van der Waals surface area (Å²) in [6.07, 6.45) is 4.43. The van der Waals surface area contributed by atoms with E-state index in [4.69, 9.17) is 0 Å². The van der Waals surface area contributed by atoms with Gasteiger partial charge < -0.3 is 10.2 Å². The summed E-state index contributed by atoms with van der Waals surface area (Å²) in [6.45, 7) is 3.61. The molecule has 1 aromatic rings. The summed E-state index contributed by atoms with van der Waals surface area (Å²) in [7, 11) is 0. The molecule has 0 aromatic heterocycles. The smallest absolute Gasteiger partial charge is 0.226 e. The molecule has 0 spiro atoms. The van der Waals surface area contributed by atoms with Gasteiger partial charge in [0.15, 0.2) is 5.78 Å². The number of hydrogen-bond donors (Lipinski definition) is 1. The number of amides is 1. The van der Waals surface area contributed by atoms with Gasteiger partial charge in [-0.3, -0.25) is 9.59 Å². The monoisotopic (exact) mass is 286 g/mol. The van der Waals surface area contributed by atoms with Gasteiger partial charge in [0, 0.05) is 24.2 Å². The number of aryl methyl sites for hydroxylation is 1. The molecule has 1 amide bonds. The topological polar surface area (TPSA) is 49.4 Å². The minimum absolute atomic E-state index is 0.0278. The van der Waals surface area contributed by atoms with Crippen LogP contribution in [0.4, 0.5) is 5.69 Å². The van der Waals surface area contributed by atoms with E-state index in [2.05, 4.69) is 5.32 Å². The molecule has 0 saturated carbocycles. The first-order chi connectivity index (χ1) is 10.2. The number of rotatable bonds is 3. The number of carbonyl (C=O) groups excluding carboxylic acids is 2. The number of anilines is 1. The van der Waals surface area contributed by atoms with Gasteiger partial charge in [0.05, 0.1) is 6.04 Å². The zero-order valence-corrected chi connectivity index (χ0v) is 12.5. The molecule has 1 atom stereocenters. The van der Waals surface area contributed by atoms with Gasteiger partial charge in [0.25, 0.3) is 0 Å². The van der Waals surface area contributed by atoms with E-state index in [1.54, 1.807) is 0 Å². The van der Waals surface area contributed by atoms with Gasteiger partial charge in [0.2, 0.25) is 5.91 Å². The zero-order valence-electron chi connectivity index (χ0n) is 12.5. The predicted molar refractivity (Wildman–Crippen MR) is 82.8 cm³/mol. The maximum absolute atomic E-state index is 12.5. The summed E-state index contributed by atoms with van der Waals surface area (Å²) >= 11 is 0.